The van der Waals surface area contributed by atoms with Crippen molar-refractivity contribution < 1.29 is 9.72 Å². The number of primary amides is 1. The van der Waals surface area contributed by atoms with Gasteiger partial charge >= 0.3 is 0 Å². The Kier molecular flexibility index (Phi) is 4.11. The highest BCUT2D eigenvalue weighted by Crippen LogP contribution is 2.18. The van der Waals surface area contributed by atoms with E-state index < -0.39 is 4.92 Å². The molecule has 0 radical (unpaired) electrons. The molecule has 1 atom stereocenters. The van der Waals surface area contributed by atoms with Crippen LogP contribution in [0.3, 0.4) is 0 Å². The Bertz CT molecular complexity index is 473. The number of hydrogen-bond donors (Lipinski definition) is 1. The van der Waals surface area contributed by atoms with Crippen LogP contribution in [0.5, 0.6) is 0 Å². The van der Waals surface area contributed by atoms with Gasteiger partial charge in [0.05, 0.1) is 11.0 Å². The zero-order chi connectivity index (χ0) is 13.8. The molecule has 6 nitrogen and oxygen atoms in total. The number of amides is 1. The van der Waals surface area contributed by atoms with Crippen LogP contribution in [-0.2, 0) is 11.2 Å². The highest BCUT2D eigenvalue weighted by molar-refractivity contribution is 5.80. The van der Waals surface area contributed by atoms with Crippen LogP contribution >= 0.6 is 0 Å². The summed E-state index contributed by atoms with van der Waals surface area (Å²) in [4.78, 5) is 23.5. The fraction of sp³-hybridized carbons (Fsp3) is 0.462. The lowest BCUT2D eigenvalue weighted by Crippen LogP contribution is -2.41. The third-order valence-corrected chi connectivity index (χ3v) is 3.53. The second kappa shape index (κ2) is 5.79. The minimum absolute atomic E-state index is 0.0972. The molecule has 1 saturated heterocycles. The van der Waals surface area contributed by atoms with Crippen LogP contribution in [-0.4, -0.2) is 34.9 Å². The van der Waals surface area contributed by atoms with Crippen molar-refractivity contribution in [3.05, 3.63) is 39.9 Å². The number of nitrogens with two attached hydrogens (primary N) is 1. The third-order valence-electron chi connectivity index (χ3n) is 3.53. The Hall–Kier alpha value is -1.95. The number of rotatable bonds is 5. The van der Waals surface area contributed by atoms with Gasteiger partial charge in [0.25, 0.3) is 5.69 Å². The highest BCUT2D eigenvalue weighted by atomic mass is 16.6. The number of hydrogen-bond acceptors (Lipinski definition) is 4. The van der Waals surface area contributed by atoms with Gasteiger partial charge in [-0.05, 0) is 31.4 Å². The van der Waals surface area contributed by atoms with E-state index in [9.17, 15) is 14.9 Å². The molecule has 0 aromatic heterocycles. The molecule has 0 spiro atoms. The van der Waals surface area contributed by atoms with E-state index in [1.807, 2.05) is 0 Å². The molecule has 2 N–H and O–H groups in total. The molecule has 19 heavy (non-hydrogen) atoms. The predicted octanol–water partition coefficient (Wildman–Crippen LogP) is 1.09. The van der Waals surface area contributed by atoms with E-state index in [0.29, 0.717) is 0 Å². The van der Waals surface area contributed by atoms with Crippen molar-refractivity contribution in [1.29, 1.82) is 0 Å². The molecule has 1 unspecified atom stereocenters. The first-order chi connectivity index (χ1) is 9.08. The van der Waals surface area contributed by atoms with Crippen molar-refractivity contribution in [3.63, 3.8) is 0 Å². The van der Waals surface area contributed by atoms with Crippen LogP contribution in [0.25, 0.3) is 0 Å². The number of likely N-dealkylation sites (tertiary alicyclic amines) is 1. The molecule has 0 aliphatic carbocycles. The van der Waals surface area contributed by atoms with Gasteiger partial charge in [-0.15, -0.1) is 0 Å². The Balaban J connectivity index is 1.91. The number of carbonyl (C=O) groups is 1. The molecule has 0 bridgehead atoms. The SMILES string of the molecule is NC(=O)C1CCCN1CCc1ccc([N+](=O)[O-])cc1. The lowest BCUT2D eigenvalue weighted by Gasteiger charge is -2.21. The van der Waals surface area contributed by atoms with E-state index in [1.54, 1.807) is 12.1 Å². The summed E-state index contributed by atoms with van der Waals surface area (Å²) in [5.74, 6) is -0.263. The van der Waals surface area contributed by atoms with Gasteiger partial charge < -0.3 is 5.73 Å². The van der Waals surface area contributed by atoms with E-state index >= 15 is 0 Å². The monoisotopic (exact) mass is 263 g/mol. The van der Waals surface area contributed by atoms with Gasteiger partial charge in [0, 0.05) is 18.7 Å². The van der Waals surface area contributed by atoms with E-state index in [2.05, 4.69) is 4.90 Å². The fourth-order valence-electron chi connectivity index (χ4n) is 2.47. The average molecular weight is 263 g/mol. The Morgan fingerprint density at radius 3 is 2.68 bits per heavy atom. The lowest BCUT2D eigenvalue weighted by atomic mass is 10.1. The molecular weight excluding hydrogens is 246 g/mol. The summed E-state index contributed by atoms with van der Waals surface area (Å²) in [6.45, 7) is 1.64. The van der Waals surface area contributed by atoms with Crippen molar-refractivity contribution in [3.8, 4) is 0 Å². The fourth-order valence-corrected chi connectivity index (χ4v) is 2.47. The first-order valence-electron chi connectivity index (χ1n) is 6.34. The van der Waals surface area contributed by atoms with Gasteiger partial charge in [-0.2, -0.15) is 0 Å². The molecule has 102 valence electrons. The standard InChI is InChI=1S/C13H17N3O3/c14-13(17)12-2-1-8-15(12)9-7-10-3-5-11(6-4-10)16(18)19/h3-6,12H,1-2,7-9H2,(H2,14,17). The predicted molar refractivity (Wildman–Crippen MR) is 70.6 cm³/mol. The quantitative estimate of drug-likeness (QED) is 0.636. The molecule has 1 heterocycles. The van der Waals surface area contributed by atoms with Crippen LogP contribution in [0.4, 0.5) is 5.69 Å². The van der Waals surface area contributed by atoms with E-state index in [-0.39, 0.29) is 17.6 Å². The van der Waals surface area contributed by atoms with Crippen LogP contribution in [0.1, 0.15) is 18.4 Å². The number of nitro benzene ring substituents is 1. The molecule has 1 aromatic carbocycles. The summed E-state index contributed by atoms with van der Waals surface area (Å²) in [6.07, 6.45) is 2.59. The van der Waals surface area contributed by atoms with Gasteiger partial charge in [0.2, 0.25) is 5.91 Å². The summed E-state index contributed by atoms with van der Waals surface area (Å²) < 4.78 is 0. The van der Waals surface area contributed by atoms with Gasteiger partial charge in [-0.3, -0.25) is 19.8 Å². The lowest BCUT2D eigenvalue weighted by molar-refractivity contribution is -0.384. The molecular formula is C13H17N3O3. The van der Waals surface area contributed by atoms with Crippen molar-refractivity contribution >= 4 is 11.6 Å². The zero-order valence-electron chi connectivity index (χ0n) is 10.6. The van der Waals surface area contributed by atoms with Crippen molar-refractivity contribution in [1.82, 2.24) is 4.90 Å². The number of carbonyl (C=O) groups excluding carboxylic acids is 1. The molecule has 6 heteroatoms. The third kappa shape index (κ3) is 3.29. The maximum absolute atomic E-state index is 11.2. The van der Waals surface area contributed by atoms with E-state index in [4.69, 9.17) is 5.73 Å². The summed E-state index contributed by atoms with van der Waals surface area (Å²) in [7, 11) is 0. The topological polar surface area (TPSA) is 89.5 Å². The van der Waals surface area contributed by atoms with Crippen molar-refractivity contribution in [2.24, 2.45) is 5.73 Å². The van der Waals surface area contributed by atoms with Crippen LogP contribution in [0, 0.1) is 10.1 Å². The summed E-state index contributed by atoms with van der Waals surface area (Å²) in [5.41, 5.74) is 6.48. The largest absolute Gasteiger partial charge is 0.368 e. The minimum atomic E-state index is -0.409. The van der Waals surface area contributed by atoms with E-state index in [0.717, 1.165) is 37.9 Å². The summed E-state index contributed by atoms with van der Waals surface area (Å²) in [6, 6.07) is 6.37. The second-order valence-electron chi connectivity index (χ2n) is 4.77. The van der Waals surface area contributed by atoms with Gasteiger partial charge in [-0.1, -0.05) is 12.1 Å². The van der Waals surface area contributed by atoms with Crippen LogP contribution < -0.4 is 5.73 Å². The van der Waals surface area contributed by atoms with Gasteiger partial charge in [-0.25, -0.2) is 0 Å². The molecule has 1 amide bonds. The maximum Gasteiger partial charge on any atom is 0.269 e. The minimum Gasteiger partial charge on any atom is -0.368 e. The maximum atomic E-state index is 11.2. The van der Waals surface area contributed by atoms with E-state index in [1.165, 1.54) is 12.1 Å². The first kappa shape index (κ1) is 13.5. The van der Waals surface area contributed by atoms with Crippen molar-refractivity contribution in [2.45, 2.75) is 25.3 Å². The van der Waals surface area contributed by atoms with Crippen LogP contribution in [0.15, 0.2) is 24.3 Å². The molecule has 1 fully saturated rings. The molecule has 1 aliphatic rings. The smallest absolute Gasteiger partial charge is 0.269 e. The molecule has 2 rings (SSSR count). The zero-order valence-corrected chi connectivity index (χ0v) is 10.6. The van der Waals surface area contributed by atoms with Gasteiger partial charge in [0.1, 0.15) is 0 Å². The number of nitrogens with zero attached hydrogens (tertiary/aromatic N) is 2. The molecule has 1 aromatic rings. The first-order valence-corrected chi connectivity index (χ1v) is 6.34. The summed E-state index contributed by atoms with van der Waals surface area (Å²) >= 11 is 0. The average Bonchev–Trinajstić information content (AvgIpc) is 2.85. The highest BCUT2D eigenvalue weighted by Gasteiger charge is 2.28. The van der Waals surface area contributed by atoms with Gasteiger partial charge in [0.15, 0.2) is 0 Å². The number of benzene rings is 1. The van der Waals surface area contributed by atoms with Crippen molar-refractivity contribution in [2.75, 3.05) is 13.1 Å². The number of nitro groups is 1. The summed E-state index contributed by atoms with van der Waals surface area (Å²) in [5, 5.41) is 10.5. The van der Waals surface area contributed by atoms with Crippen LogP contribution in [0.2, 0.25) is 0 Å². The number of non-ortho nitro benzene ring substituents is 1. The normalized spacial score (nSPS) is 19.5. The Labute approximate surface area is 111 Å². The second-order valence-corrected chi connectivity index (χ2v) is 4.77. The molecule has 1 aliphatic heterocycles. The Morgan fingerprint density at radius 2 is 2.11 bits per heavy atom. The molecule has 0 saturated carbocycles. The Morgan fingerprint density at radius 1 is 1.42 bits per heavy atom.